The second kappa shape index (κ2) is 4.19. The van der Waals surface area contributed by atoms with E-state index in [9.17, 15) is 0 Å². The zero-order valence-electron chi connectivity index (χ0n) is 7.35. The fourth-order valence-corrected chi connectivity index (χ4v) is 1.20. The van der Waals surface area contributed by atoms with Crippen molar-refractivity contribution in [3.05, 3.63) is 30.3 Å². The predicted molar refractivity (Wildman–Crippen MR) is 52.0 cm³/mol. The van der Waals surface area contributed by atoms with Gasteiger partial charge >= 0.3 is 0 Å². The molecular weight excluding hydrogens is 202 g/mol. The first kappa shape index (κ1) is 9.15. The van der Waals surface area contributed by atoms with E-state index in [0.717, 1.165) is 0 Å². The molecule has 4 nitrogen and oxygen atoms in total. The van der Waals surface area contributed by atoms with Crippen LogP contribution in [-0.2, 0) is 6.42 Å². The van der Waals surface area contributed by atoms with E-state index in [0.29, 0.717) is 29.7 Å². The molecule has 0 fully saturated rings. The molecule has 72 valence electrons. The van der Waals surface area contributed by atoms with Gasteiger partial charge in [-0.15, -0.1) is 11.6 Å². The Balaban J connectivity index is 2.25. The summed E-state index contributed by atoms with van der Waals surface area (Å²) in [5.41, 5.74) is 0.706. The minimum Gasteiger partial charge on any atom is -0.339 e. The third kappa shape index (κ3) is 1.90. The van der Waals surface area contributed by atoms with Gasteiger partial charge in [-0.2, -0.15) is 4.98 Å². The fraction of sp³-hybridized carbons (Fsp3) is 0.222. The molecule has 0 spiro atoms. The average Bonchev–Trinajstić information content (AvgIpc) is 2.68. The zero-order chi connectivity index (χ0) is 9.80. The van der Waals surface area contributed by atoms with Crippen LogP contribution in [0.4, 0.5) is 0 Å². The molecule has 5 heteroatoms. The molecule has 2 rings (SSSR count). The lowest BCUT2D eigenvalue weighted by Crippen LogP contribution is -1.87. The van der Waals surface area contributed by atoms with Crippen molar-refractivity contribution in [2.45, 2.75) is 6.42 Å². The first-order valence-electron chi connectivity index (χ1n) is 4.20. The highest BCUT2D eigenvalue weighted by atomic mass is 35.5. The average molecular weight is 210 g/mol. The Morgan fingerprint density at radius 2 is 2.29 bits per heavy atom. The zero-order valence-corrected chi connectivity index (χ0v) is 8.11. The maximum absolute atomic E-state index is 5.55. The molecule has 0 N–H and O–H groups in total. The van der Waals surface area contributed by atoms with Gasteiger partial charge in [0.25, 0.3) is 0 Å². The van der Waals surface area contributed by atoms with Gasteiger partial charge in [-0.3, -0.25) is 4.98 Å². The summed E-state index contributed by atoms with van der Waals surface area (Å²) in [7, 11) is 0. The van der Waals surface area contributed by atoms with Gasteiger partial charge in [0.2, 0.25) is 11.7 Å². The Morgan fingerprint density at radius 1 is 1.36 bits per heavy atom. The summed E-state index contributed by atoms with van der Waals surface area (Å²) >= 11 is 5.55. The fourth-order valence-electron chi connectivity index (χ4n) is 1.04. The number of nitrogens with zero attached hydrogens (tertiary/aromatic N) is 3. The first-order valence-corrected chi connectivity index (χ1v) is 4.73. The number of halogens is 1. The standard InChI is InChI=1S/C9H8ClN3O/c10-5-4-8-12-9(13-14-8)7-3-1-2-6-11-7/h1-3,6H,4-5H2. The SMILES string of the molecule is ClCCc1nc(-c2ccccn2)no1. The van der Waals surface area contributed by atoms with Gasteiger partial charge in [-0.1, -0.05) is 11.2 Å². The van der Waals surface area contributed by atoms with E-state index < -0.39 is 0 Å². The van der Waals surface area contributed by atoms with Crippen LogP contribution in [0, 0.1) is 0 Å². The summed E-state index contributed by atoms with van der Waals surface area (Å²) in [6.45, 7) is 0. The van der Waals surface area contributed by atoms with E-state index in [1.807, 2.05) is 18.2 Å². The van der Waals surface area contributed by atoms with E-state index >= 15 is 0 Å². The Kier molecular flexibility index (Phi) is 2.74. The van der Waals surface area contributed by atoms with Crippen molar-refractivity contribution in [2.75, 3.05) is 5.88 Å². The maximum atomic E-state index is 5.55. The number of aromatic nitrogens is 3. The number of aryl methyl sites for hydroxylation is 1. The lowest BCUT2D eigenvalue weighted by Gasteiger charge is -1.89. The highest BCUT2D eigenvalue weighted by Gasteiger charge is 2.07. The van der Waals surface area contributed by atoms with Crippen molar-refractivity contribution in [3.63, 3.8) is 0 Å². The van der Waals surface area contributed by atoms with E-state index in [4.69, 9.17) is 16.1 Å². The summed E-state index contributed by atoms with van der Waals surface area (Å²) in [4.78, 5) is 8.25. The van der Waals surface area contributed by atoms with Crippen LogP contribution >= 0.6 is 11.6 Å². The van der Waals surface area contributed by atoms with Gasteiger partial charge in [0.15, 0.2) is 0 Å². The van der Waals surface area contributed by atoms with Crippen LogP contribution in [0.15, 0.2) is 28.9 Å². The lowest BCUT2D eigenvalue weighted by atomic mass is 10.3. The van der Waals surface area contributed by atoms with Gasteiger partial charge in [-0.25, -0.2) is 0 Å². The monoisotopic (exact) mass is 209 g/mol. The van der Waals surface area contributed by atoms with E-state index in [2.05, 4.69) is 15.1 Å². The summed E-state index contributed by atoms with van der Waals surface area (Å²) < 4.78 is 4.97. The van der Waals surface area contributed by atoms with Crippen LogP contribution in [0.5, 0.6) is 0 Å². The lowest BCUT2D eigenvalue weighted by molar-refractivity contribution is 0.383. The molecule has 0 atom stereocenters. The summed E-state index contributed by atoms with van der Waals surface area (Å²) in [6, 6.07) is 5.54. The van der Waals surface area contributed by atoms with Crippen molar-refractivity contribution >= 4 is 11.6 Å². The molecule has 0 amide bonds. The highest BCUT2D eigenvalue weighted by molar-refractivity contribution is 6.17. The first-order chi connectivity index (χ1) is 6.90. The molecule has 0 saturated heterocycles. The quantitative estimate of drug-likeness (QED) is 0.725. The molecule has 0 radical (unpaired) electrons. The topological polar surface area (TPSA) is 51.8 Å². The van der Waals surface area contributed by atoms with Crippen molar-refractivity contribution in [3.8, 4) is 11.5 Å². The number of hydrogen-bond acceptors (Lipinski definition) is 4. The normalized spacial score (nSPS) is 10.4. The number of rotatable bonds is 3. The van der Waals surface area contributed by atoms with Crippen LogP contribution in [0.3, 0.4) is 0 Å². The Hall–Kier alpha value is -1.42. The third-order valence-corrected chi connectivity index (χ3v) is 1.86. The summed E-state index contributed by atoms with van der Waals surface area (Å²) in [5, 5.41) is 3.80. The Morgan fingerprint density at radius 3 is 3.00 bits per heavy atom. The molecule has 0 bridgehead atoms. The van der Waals surface area contributed by atoms with E-state index in [1.165, 1.54) is 0 Å². The van der Waals surface area contributed by atoms with Crippen molar-refractivity contribution in [1.82, 2.24) is 15.1 Å². The third-order valence-electron chi connectivity index (χ3n) is 1.67. The Bertz CT molecular complexity index is 401. The molecule has 0 aliphatic rings. The second-order valence-corrected chi connectivity index (χ2v) is 3.04. The van der Waals surface area contributed by atoms with E-state index in [1.54, 1.807) is 6.20 Å². The van der Waals surface area contributed by atoms with Gasteiger partial charge < -0.3 is 4.52 Å². The molecule has 0 aliphatic carbocycles. The molecule has 0 aliphatic heterocycles. The molecule has 0 unspecified atom stereocenters. The minimum atomic E-state index is 0.476. The number of hydrogen-bond donors (Lipinski definition) is 0. The smallest absolute Gasteiger partial charge is 0.228 e. The molecule has 2 heterocycles. The highest BCUT2D eigenvalue weighted by Crippen LogP contribution is 2.11. The molecule has 14 heavy (non-hydrogen) atoms. The van der Waals surface area contributed by atoms with Crippen molar-refractivity contribution < 1.29 is 4.52 Å². The van der Waals surface area contributed by atoms with Crippen LogP contribution in [0.2, 0.25) is 0 Å². The van der Waals surface area contributed by atoms with Crippen LogP contribution in [0.1, 0.15) is 5.89 Å². The number of alkyl halides is 1. The summed E-state index contributed by atoms with van der Waals surface area (Å²) in [6.07, 6.45) is 2.27. The van der Waals surface area contributed by atoms with Gasteiger partial charge in [0.05, 0.1) is 0 Å². The van der Waals surface area contributed by atoms with Crippen LogP contribution in [0.25, 0.3) is 11.5 Å². The van der Waals surface area contributed by atoms with Crippen LogP contribution < -0.4 is 0 Å². The molecule has 0 saturated carbocycles. The maximum Gasteiger partial charge on any atom is 0.228 e. The molecule has 2 aromatic rings. The molecule has 2 aromatic heterocycles. The Labute approximate surface area is 85.9 Å². The largest absolute Gasteiger partial charge is 0.339 e. The number of pyridine rings is 1. The molecular formula is C9H8ClN3O. The second-order valence-electron chi connectivity index (χ2n) is 2.67. The van der Waals surface area contributed by atoms with Gasteiger partial charge in [0.1, 0.15) is 5.69 Å². The van der Waals surface area contributed by atoms with Crippen molar-refractivity contribution in [2.24, 2.45) is 0 Å². The van der Waals surface area contributed by atoms with Crippen molar-refractivity contribution in [1.29, 1.82) is 0 Å². The summed E-state index contributed by atoms with van der Waals surface area (Å²) in [5.74, 6) is 1.52. The van der Waals surface area contributed by atoms with Gasteiger partial charge in [0, 0.05) is 18.5 Å². The minimum absolute atomic E-state index is 0.476. The molecule has 0 aromatic carbocycles. The van der Waals surface area contributed by atoms with E-state index in [-0.39, 0.29) is 0 Å². The van der Waals surface area contributed by atoms with Crippen LogP contribution in [-0.4, -0.2) is 21.0 Å². The van der Waals surface area contributed by atoms with Gasteiger partial charge in [-0.05, 0) is 12.1 Å². The predicted octanol–water partition coefficient (Wildman–Crippen LogP) is 1.91.